The van der Waals surface area contributed by atoms with Gasteiger partial charge in [-0.15, -0.1) is 11.6 Å². The van der Waals surface area contributed by atoms with E-state index in [1.54, 1.807) is 0 Å². The van der Waals surface area contributed by atoms with Gasteiger partial charge in [-0.3, -0.25) is 4.79 Å². The lowest BCUT2D eigenvalue weighted by Gasteiger charge is -2.53. The van der Waals surface area contributed by atoms with Gasteiger partial charge in [-0.25, -0.2) is 0 Å². The number of carbonyl (C=O) groups excluding carboxylic acids is 1. The second-order valence-electron chi connectivity index (χ2n) is 7.28. The third-order valence-corrected chi connectivity index (χ3v) is 6.19. The van der Waals surface area contributed by atoms with E-state index in [2.05, 4.69) is 5.32 Å². The van der Waals surface area contributed by atoms with Crippen LogP contribution in [0.1, 0.15) is 37.7 Å². The van der Waals surface area contributed by atoms with Gasteiger partial charge in [-0.05, 0) is 73.5 Å². The van der Waals surface area contributed by atoms with Crippen molar-refractivity contribution in [2.24, 2.45) is 29.6 Å². The Morgan fingerprint density at radius 1 is 1.10 bits per heavy atom. The molecule has 0 unspecified atom stereocenters. The summed E-state index contributed by atoms with van der Waals surface area (Å²) in [7, 11) is 0. The van der Waals surface area contributed by atoms with Gasteiger partial charge in [0.2, 0.25) is 5.91 Å². The van der Waals surface area contributed by atoms with Crippen molar-refractivity contribution in [1.29, 1.82) is 0 Å². The smallest absolute Gasteiger partial charge is 0.228 e. The number of benzene rings is 1. The van der Waals surface area contributed by atoms with Gasteiger partial charge in [0.05, 0.1) is 0 Å². The predicted octanol–water partition coefficient (Wildman–Crippen LogP) is 4.44. The minimum Gasteiger partial charge on any atom is -0.326 e. The van der Waals surface area contributed by atoms with Crippen LogP contribution in [0.2, 0.25) is 0 Å². The lowest BCUT2D eigenvalue weighted by atomic mass is 9.51. The SMILES string of the molecule is O=C(Nc1cccc(CCl)c1)C1C2CC3CC(C2)CC1C3. The van der Waals surface area contributed by atoms with Crippen LogP contribution in [0.15, 0.2) is 24.3 Å². The summed E-state index contributed by atoms with van der Waals surface area (Å²) in [5, 5.41) is 3.15. The number of alkyl halides is 1. The first-order valence-corrected chi connectivity index (χ1v) is 8.72. The maximum Gasteiger partial charge on any atom is 0.228 e. The number of rotatable bonds is 3. The average molecular weight is 304 g/mol. The van der Waals surface area contributed by atoms with Crippen molar-refractivity contribution in [2.75, 3.05) is 5.32 Å². The molecule has 0 spiro atoms. The normalized spacial score (nSPS) is 36.7. The van der Waals surface area contributed by atoms with Gasteiger partial charge >= 0.3 is 0 Å². The van der Waals surface area contributed by atoms with Crippen LogP contribution in [0.5, 0.6) is 0 Å². The van der Waals surface area contributed by atoms with E-state index in [0.717, 1.165) is 23.1 Å². The van der Waals surface area contributed by atoms with Crippen LogP contribution < -0.4 is 5.32 Å². The average Bonchev–Trinajstić information content (AvgIpc) is 2.46. The summed E-state index contributed by atoms with van der Waals surface area (Å²) in [5.74, 6) is 4.08. The van der Waals surface area contributed by atoms with Crippen LogP contribution >= 0.6 is 11.6 Å². The van der Waals surface area contributed by atoms with E-state index in [9.17, 15) is 4.79 Å². The van der Waals surface area contributed by atoms with Crippen molar-refractivity contribution in [3.63, 3.8) is 0 Å². The van der Waals surface area contributed by atoms with Crippen molar-refractivity contribution in [1.82, 2.24) is 0 Å². The molecular weight excluding hydrogens is 282 g/mol. The van der Waals surface area contributed by atoms with Gasteiger partial charge in [-0.2, -0.15) is 0 Å². The first-order chi connectivity index (χ1) is 10.2. The van der Waals surface area contributed by atoms with E-state index < -0.39 is 0 Å². The molecule has 1 amide bonds. The Kier molecular flexibility index (Phi) is 3.45. The zero-order valence-corrected chi connectivity index (χ0v) is 13.0. The van der Waals surface area contributed by atoms with Crippen molar-refractivity contribution < 1.29 is 4.79 Å². The van der Waals surface area contributed by atoms with Crippen molar-refractivity contribution >= 4 is 23.2 Å². The Morgan fingerprint density at radius 3 is 2.38 bits per heavy atom. The molecule has 1 N–H and O–H groups in total. The molecule has 21 heavy (non-hydrogen) atoms. The number of carbonyl (C=O) groups is 1. The van der Waals surface area contributed by atoms with Gasteiger partial charge in [0.25, 0.3) is 0 Å². The lowest BCUT2D eigenvalue weighted by molar-refractivity contribution is -0.132. The molecular formula is C18H22ClNO. The van der Waals surface area contributed by atoms with Crippen LogP contribution in [0, 0.1) is 29.6 Å². The molecule has 0 saturated heterocycles. The molecule has 4 aliphatic rings. The predicted molar refractivity (Wildman–Crippen MR) is 85.2 cm³/mol. The third kappa shape index (κ3) is 2.48. The number of hydrogen-bond acceptors (Lipinski definition) is 1. The van der Waals surface area contributed by atoms with E-state index in [1.165, 1.54) is 32.1 Å². The summed E-state index contributed by atoms with van der Waals surface area (Å²) in [6.45, 7) is 0. The Bertz CT molecular complexity index is 528. The van der Waals surface area contributed by atoms with Gasteiger partial charge < -0.3 is 5.32 Å². The van der Waals surface area contributed by atoms with Crippen LogP contribution in [0.3, 0.4) is 0 Å². The highest BCUT2D eigenvalue weighted by atomic mass is 35.5. The minimum atomic E-state index is 0.246. The topological polar surface area (TPSA) is 29.1 Å². The third-order valence-electron chi connectivity index (χ3n) is 5.88. The minimum absolute atomic E-state index is 0.246. The van der Waals surface area contributed by atoms with E-state index in [-0.39, 0.29) is 11.8 Å². The summed E-state index contributed by atoms with van der Waals surface area (Å²) < 4.78 is 0. The highest BCUT2D eigenvalue weighted by molar-refractivity contribution is 6.17. The molecule has 4 aliphatic carbocycles. The molecule has 1 aromatic rings. The summed E-state index contributed by atoms with van der Waals surface area (Å²) in [6.07, 6.45) is 6.57. The van der Waals surface area contributed by atoms with E-state index in [1.807, 2.05) is 24.3 Å². The van der Waals surface area contributed by atoms with Gasteiger partial charge in [0.1, 0.15) is 0 Å². The van der Waals surface area contributed by atoms with Crippen molar-refractivity contribution in [2.45, 2.75) is 38.0 Å². The molecule has 0 atom stereocenters. The molecule has 0 aromatic heterocycles. The highest BCUT2D eigenvalue weighted by Crippen LogP contribution is 2.56. The second kappa shape index (κ2) is 5.31. The fourth-order valence-electron chi connectivity index (χ4n) is 5.31. The Labute approximate surface area is 131 Å². The monoisotopic (exact) mass is 303 g/mol. The first kappa shape index (κ1) is 13.6. The maximum atomic E-state index is 12.8. The Balaban J connectivity index is 1.50. The molecule has 0 radical (unpaired) electrons. The van der Waals surface area contributed by atoms with E-state index in [4.69, 9.17) is 11.6 Å². The summed E-state index contributed by atoms with van der Waals surface area (Å²) in [5.41, 5.74) is 1.95. The Hall–Kier alpha value is -1.02. The standard InChI is InChI=1S/C18H22ClNO/c19-10-11-2-1-3-16(9-11)20-18(21)17-14-5-12-4-13(7-14)8-15(17)6-12/h1-3,9,12-15,17H,4-8,10H2,(H,20,21). The van der Waals surface area contributed by atoms with Crippen LogP contribution in [-0.4, -0.2) is 5.91 Å². The molecule has 3 heteroatoms. The van der Waals surface area contributed by atoms with Gasteiger partial charge in [0, 0.05) is 17.5 Å². The van der Waals surface area contributed by atoms with Gasteiger partial charge in [-0.1, -0.05) is 12.1 Å². The zero-order chi connectivity index (χ0) is 14.4. The molecule has 4 fully saturated rings. The quantitative estimate of drug-likeness (QED) is 0.822. The number of hydrogen-bond donors (Lipinski definition) is 1. The number of anilines is 1. The number of nitrogens with one attached hydrogen (secondary N) is 1. The van der Waals surface area contributed by atoms with Crippen molar-refractivity contribution in [3.05, 3.63) is 29.8 Å². The van der Waals surface area contributed by atoms with Crippen LogP contribution in [0.4, 0.5) is 5.69 Å². The molecule has 4 bridgehead atoms. The molecule has 0 heterocycles. The summed E-state index contributed by atoms with van der Waals surface area (Å²) >= 11 is 5.87. The van der Waals surface area contributed by atoms with Gasteiger partial charge in [0.15, 0.2) is 0 Å². The number of amides is 1. The zero-order valence-electron chi connectivity index (χ0n) is 12.2. The lowest BCUT2D eigenvalue weighted by Crippen LogP contribution is -2.49. The second-order valence-corrected chi connectivity index (χ2v) is 7.55. The fourth-order valence-corrected chi connectivity index (χ4v) is 5.48. The van der Waals surface area contributed by atoms with Crippen LogP contribution in [-0.2, 0) is 10.7 Å². The molecule has 0 aliphatic heterocycles. The largest absolute Gasteiger partial charge is 0.326 e. The van der Waals surface area contributed by atoms with Crippen LogP contribution in [0.25, 0.3) is 0 Å². The molecule has 112 valence electrons. The maximum absolute atomic E-state index is 12.8. The summed E-state index contributed by atoms with van der Waals surface area (Å²) in [4.78, 5) is 12.8. The fraction of sp³-hybridized carbons (Fsp3) is 0.611. The Morgan fingerprint density at radius 2 is 1.76 bits per heavy atom. The first-order valence-electron chi connectivity index (χ1n) is 8.18. The molecule has 4 saturated carbocycles. The highest BCUT2D eigenvalue weighted by Gasteiger charge is 2.50. The molecule has 1 aromatic carbocycles. The van der Waals surface area contributed by atoms with E-state index >= 15 is 0 Å². The molecule has 2 nitrogen and oxygen atoms in total. The molecule has 5 rings (SSSR count). The summed E-state index contributed by atoms with van der Waals surface area (Å²) in [6, 6.07) is 7.90. The van der Waals surface area contributed by atoms with Crippen molar-refractivity contribution in [3.8, 4) is 0 Å². The number of halogens is 1. The van der Waals surface area contributed by atoms with E-state index in [0.29, 0.717) is 17.7 Å².